The minimum absolute atomic E-state index is 0.0131. The summed E-state index contributed by atoms with van der Waals surface area (Å²) in [6.45, 7) is 3.33. The summed E-state index contributed by atoms with van der Waals surface area (Å²) in [5.41, 5.74) is 2.52. The Kier molecular flexibility index (Phi) is 5.81. The topological polar surface area (TPSA) is 73.0 Å². The van der Waals surface area contributed by atoms with E-state index in [1.54, 1.807) is 6.26 Å². The van der Waals surface area contributed by atoms with Crippen LogP contribution in [-0.4, -0.2) is 33.0 Å². The van der Waals surface area contributed by atoms with Gasteiger partial charge in [0.2, 0.25) is 5.91 Å². The number of hydrogen-bond acceptors (Lipinski definition) is 5. The molecule has 4 rings (SSSR count). The second-order valence-electron chi connectivity index (χ2n) is 7.10. The van der Waals surface area contributed by atoms with E-state index < -0.39 is 0 Å². The Bertz CT molecular complexity index is 932. The fraction of sp³-hybridized carbons (Fsp3) is 0.381. The molecule has 7 heteroatoms. The molecule has 0 radical (unpaired) electrons. The molecule has 1 amide bonds. The SMILES string of the molecule is Cc1ccccc1CCNC(=O)CSc1nnc(C2CC2)n1Cc1ccco1. The number of rotatable bonds is 9. The lowest BCUT2D eigenvalue weighted by Gasteiger charge is -2.09. The third-order valence-electron chi connectivity index (χ3n) is 4.89. The van der Waals surface area contributed by atoms with Crippen LogP contribution in [0.3, 0.4) is 0 Å². The molecule has 0 spiro atoms. The van der Waals surface area contributed by atoms with E-state index in [4.69, 9.17) is 4.42 Å². The predicted octanol–water partition coefficient (Wildman–Crippen LogP) is 3.56. The van der Waals surface area contributed by atoms with Crippen LogP contribution in [0, 0.1) is 6.92 Å². The summed E-state index contributed by atoms with van der Waals surface area (Å²) in [6, 6.07) is 12.1. The van der Waals surface area contributed by atoms with Gasteiger partial charge in [-0.3, -0.25) is 9.36 Å². The van der Waals surface area contributed by atoms with Crippen LogP contribution in [0.2, 0.25) is 0 Å². The van der Waals surface area contributed by atoms with Crippen LogP contribution in [0.4, 0.5) is 0 Å². The van der Waals surface area contributed by atoms with Gasteiger partial charge in [-0.2, -0.15) is 0 Å². The molecule has 1 aliphatic carbocycles. The van der Waals surface area contributed by atoms with Gasteiger partial charge in [0.25, 0.3) is 0 Å². The molecule has 1 saturated carbocycles. The van der Waals surface area contributed by atoms with Gasteiger partial charge in [0, 0.05) is 12.5 Å². The summed E-state index contributed by atoms with van der Waals surface area (Å²) in [5.74, 6) is 2.69. The first-order valence-electron chi connectivity index (χ1n) is 9.60. The molecule has 0 unspecified atom stereocenters. The number of furan rings is 1. The first-order valence-corrected chi connectivity index (χ1v) is 10.6. The summed E-state index contributed by atoms with van der Waals surface area (Å²) < 4.78 is 7.57. The molecule has 146 valence electrons. The molecule has 1 aliphatic rings. The van der Waals surface area contributed by atoms with Crippen molar-refractivity contribution in [2.45, 2.75) is 43.8 Å². The lowest BCUT2D eigenvalue weighted by atomic mass is 10.1. The number of nitrogens with zero attached hydrogens (tertiary/aromatic N) is 3. The van der Waals surface area contributed by atoms with Crippen LogP contribution in [0.25, 0.3) is 0 Å². The fourth-order valence-corrected chi connectivity index (χ4v) is 3.94. The van der Waals surface area contributed by atoms with Crippen LogP contribution in [0.15, 0.2) is 52.2 Å². The maximum absolute atomic E-state index is 12.3. The molecule has 2 heterocycles. The number of nitrogens with one attached hydrogen (secondary N) is 1. The molecule has 0 aliphatic heterocycles. The predicted molar refractivity (Wildman–Crippen MR) is 108 cm³/mol. The van der Waals surface area contributed by atoms with E-state index in [0.29, 0.717) is 24.8 Å². The molecule has 0 bridgehead atoms. The molecule has 28 heavy (non-hydrogen) atoms. The van der Waals surface area contributed by atoms with Gasteiger partial charge in [-0.15, -0.1) is 10.2 Å². The monoisotopic (exact) mass is 396 g/mol. The zero-order valence-electron chi connectivity index (χ0n) is 15.9. The third-order valence-corrected chi connectivity index (χ3v) is 5.86. The molecule has 3 aromatic rings. The molecule has 0 saturated heterocycles. The Morgan fingerprint density at radius 2 is 2.11 bits per heavy atom. The highest BCUT2D eigenvalue weighted by molar-refractivity contribution is 7.99. The van der Waals surface area contributed by atoms with Crippen LogP contribution in [0.1, 0.15) is 41.5 Å². The molecule has 6 nitrogen and oxygen atoms in total. The molecule has 1 fully saturated rings. The highest BCUT2D eigenvalue weighted by Gasteiger charge is 2.30. The third kappa shape index (κ3) is 4.65. The maximum atomic E-state index is 12.3. The lowest BCUT2D eigenvalue weighted by molar-refractivity contribution is -0.118. The van der Waals surface area contributed by atoms with Crippen molar-refractivity contribution in [1.29, 1.82) is 0 Å². The van der Waals surface area contributed by atoms with Gasteiger partial charge in [0.15, 0.2) is 5.16 Å². The molecule has 2 aromatic heterocycles. The Balaban J connectivity index is 1.31. The number of carbonyl (C=O) groups is 1. The minimum Gasteiger partial charge on any atom is -0.467 e. The Hall–Kier alpha value is -2.54. The van der Waals surface area contributed by atoms with Crippen molar-refractivity contribution in [2.75, 3.05) is 12.3 Å². The smallest absolute Gasteiger partial charge is 0.230 e. The van der Waals surface area contributed by atoms with Gasteiger partial charge >= 0.3 is 0 Å². The van der Waals surface area contributed by atoms with Gasteiger partial charge in [0.1, 0.15) is 11.6 Å². The van der Waals surface area contributed by atoms with Crippen molar-refractivity contribution in [3.8, 4) is 0 Å². The van der Waals surface area contributed by atoms with Gasteiger partial charge in [-0.25, -0.2) is 0 Å². The Labute approximate surface area is 168 Å². The summed E-state index contributed by atoms with van der Waals surface area (Å²) in [7, 11) is 0. The number of amides is 1. The van der Waals surface area contributed by atoms with Gasteiger partial charge in [0.05, 0.1) is 18.6 Å². The van der Waals surface area contributed by atoms with Gasteiger partial charge in [-0.1, -0.05) is 36.0 Å². The quantitative estimate of drug-likeness (QED) is 0.560. The van der Waals surface area contributed by atoms with E-state index in [0.717, 1.165) is 36.0 Å². The first-order chi connectivity index (χ1) is 13.7. The number of aromatic nitrogens is 3. The minimum atomic E-state index is 0.0131. The second-order valence-corrected chi connectivity index (χ2v) is 8.04. The number of hydrogen-bond donors (Lipinski definition) is 1. The largest absolute Gasteiger partial charge is 0.467 e. The molecule has 1 N–H and O–H groups in total. The number of thioether (sulfide) groups is 1. The fourth-order valence-electron chi connectivity index (χ4n) is 3.17. The van der Waals surface area contributed by atoms with Crippen LogP contribution in [0.5, 0.6) is 0 Å². The standard InChI is InChI=1S/C21H24N4O2S/c1-15-5-2-3-6-16(15)10-11-22-19(26)14-28-21-24-23-20(17-8-9-17)25(21)13-18-7-4-12-27-18/h2-7,12,17H,8-11,13-14H2,1H3,(H,22,26). The van der Waals surface area contributed by atoms with Crippen LogP contribution < -0.4 is 5.32 Å². The second kappa shape index (κ2) is 8.65. The highest BCUT2D eigenvalue weighted by atomic mass is 32.2. The van der Waals surface area contributed by atoms with E-state index in [1.807, 2.05) is 24.3 Å². The average molecular weight is 397 g/mol. The number of carbonyl (C=O) groups excluding carboxylic acids is 1. The van der Waals surface area contributed by atoms with Crippen molar-refractivity contribution in [3.05, 3.63) is 65.4 Å². The Morgan fingerprint density at radius 1 is 1.25 bits per heavy atom. The van der Waals surface area contributed by atoms with Crippen molar-refractivity contribution in [3.63, 3.8) is 0 Å². The van der Waals surface area contributed by atoms with Crippen molar-refractivity contribution in [1.82, 2.24) is 20.1 Å². The molecule has 0 atom stereocenters. The van der Waals surface area contributed by atoms with E-state index in [2.05, 4.69) is 39.1 Å². The number of aryl methyl sites for hydroxylation is 1. The van der Waals surface area contributed by atoms with Crippen molar-refractivity contribution >= 4 is 17.7 Å². The van der Waals surface area contributed by atoms with Crippen molar-refractivity contribution in [2.24, 2.45) is 0 Å². The zero-order valence-corrected chi connectivity index (χ0v) is 16.7. The van der Waals surface area contributed by atoms with E-state index in [1.165, 1.54) is 22.9 Å². The summed E-state index contributed by atoms with van der Waals surface area (Å²) in [6.07, 6.45) is 4.81. The first kappa shape index (κ1) is 18.8. The van der Waals surface area contributed by atoms with E-state index in [9.17, 15) is 4.79 Å². The van der Waals surface area contributed by atoms with Crippen molar-refractivity contribution < 1.29 is 9.21 Å². The maximum Gasteiger partial charge on any atom is 0.230 e. The van der Waals surface area contributed by atoms with Gasteiger partial charge in [-0.05, 0) is 49.4 Å². The number of benzene rings is 1. The Morgan fingerprint density at radius 3 is 2.86 bits per heavy atom. The summed E-state index contributed by atoms with van der Waals surface area (Å²) in [5, 5.41) is 12.5. The lowest BCUT2D eigenvalue weighted by Crippen LogP contribution is -2.27. The van der Waals surface area contributed by atoms with Gasteiger partial charge < -0.3 is 9.73 Å². The van der Waals surface area contributed by atoms with Crippen LogP contribution >= 0.6 is 11.8 Å². The van der Waals surface area contributed by atoms with E-state index >= 15 is 0 Å². The van der Waals surface area contributed by atoms with E-state index in [-0.39, 0.29) is 5.91 Å². The zero-order chi connectivity index (χ0) is 19.3. The highest BCUT2D eigenvalue weighted by Crippen LogP contribution is 2.40. The summed E-state index contributed by atoms with van der Waals surface area (Å²) >= 11 is 1.43. The normalized spacial score (nSPS) is 13.6. The molecular weight excluding hydrogens is 372 g/mol. The van der Waals surface area contributed by atoms with Crippen LogP contribution in [-0.2, 0) is 17.8 Å². The average Bonchev–Trinajstić information content (AvgIpc) is 3.26. The summed E-state index contributed by atoms with van der Waals surface area (Å²) in [4.78, 5) is 12.3. The molecular formula is C21H24N4O2S. The molecule has 1 aromatic carbocycles.